The molecule has 0 aromatic heterocycles. The maximum Gasteiger partial charge on any atom is 0.254 e. The molecule has 5 heteroatoms. The van der Waals surface area contributed by atoms with Gasteiger partial charge in [-0.1, -0.05) is 15.9 Å². The Morgan fingerprint density at radius 2 is 2.26 bits per heavy atom. The number of amides is 1. The van der Waals surface area contributed by atoms with Crippen molar-refractivity contribution >= 4 is 21.8 Å². The fraction of sp³-hybridized carbons (Fsp3) is 0.500. The van der Waals surface area contributed by atoms with Gasteiger partial charge in [-0.3, -0.25) is 4.79 Å². The summed E-state index contributed by atoms with van der Waals surface area (Å²) in [6.07, 6.45) is 2.70. The Morgan fingerprint density at radius 1 is 1.47 bits per heavy atom. The Bertz CT molecular complexity index is 445. The van der Waals surface area contributed by atoms with Gasteiger partial charge in [-0.15, -0.1) is 0 Å². The van der Waals surface area contributed by atoms with Gasteiger partial charge in [0.15, 0.2) is 0 Å². The van der Waals surface area contributed by atoms with E-state index in [1.165, 1.54) is 12.1 Å². The number of aliphatic hydroxyl groups excluding tert-OH is 1. The molecule has 1 aliphatic heterocycles. The largest absolute Gasteiger partial charge is 0.396 e. The molecule has 0 bridgehead atoms. The summed E-state index contributed by atoms with van der Waals surface area (Å²) in [6, 6.07) is 4.24. The van der Waals surface area contributed by atoms with E-state index in [4.69, 9.17) is 5.11 Å². The molecular formula is C14H17BrFNO2. The number of rotatable bonds is 3. The number of hydrogen-bond donors (Lipinski definition) is 1. The Balaban J connectivity index is 2.10. The van der Waals surface area contributed by atoms with Crippen molar-refractivity contribution < 1.29 is 14.3 Å². The minimum atomic E-state index is -0.415. The first kappa shape index (κ1) is 14.5. The highest BCUT2D eigenvalue weighted by Gasteiger charge is 2.24. The summed E-state index contributed by atoms with van der Waals surface area (Å²) < 4.78 is 13.9. The standard InChI is InChI=1S/C14H17BrFNO2/c15-12-6-11(7-13(16)8-12)14(19)17-4-1-2-10(9-17)3-5-18/h6-8,10,18H,1-5,9H2. The predicted octanol–water partition coefficient (Wildman–Crippen LogP) is 2.82. The molecule has 0 aliphatic carbocycles. The lowest BCUT2D eigenvalue weighted by Crippen LogP contribution is -2.40. The summed E-state index contributed by atoms with van der Waals surface area (Å²) in [5, 5.41) is 8.97. The van der Waals surface area contributed by atoms with Crippen LogP contribution in [0, 0.1) is 11.7 Å². The van der Waals surface area contributed by atoms with Crippen molar-refractivity contribution in [3.8, 4) is 0 Å². The Hall–Kier alpha value is -0.940. The molecule has 2 rings (SSSR count). The molecule has 1 aromatic rings. The Morgan fingerprint density at radius 3 is 2.95 bits per heavy atom. The molecule has 1 amide bonds. The van der Waals surface area contributed by atoms with Crippen LogP contribution in [0.25, 0.3) is 0 Å². The van der Waals surface area contributed by atoms with Crippen LogP contribution in [0.5, 0.6) is 0 Å². The Labute approximate surface area is 120 Å². The first-order chi connectivity index (χ1) is 9.10. The number of carbonyl (C=O) groups excluding carboxylic acids is 1. The van der Waals surface area contributed by atoms with Crippen molar-refractivity contribution in [1.29, 1.82) is 0 Å². The summed E-state index contributed by atoms with van der Waals surface area (Å²) in [7, 11) is 0. The second kappa shape index (κ2) is 6.48. The number of piperidine rings is 1. The summed E-state index contributed by atoms with van der Waals surface area (Å²) in [4.78, 5) is 14.1. The molecule has 1 heterocycles. The van der Waals surface area contributed by atoms with E-state index in [9.17, 15) is 9.18 Å². The van der Waals surface area contributed by atoms with Crippen LogP contribution in [0.2, 0.25) is 0 Å². The molecule has 0 saturated carbocycles. The quantitative estimate of drug-likeness (QED) is 0.926. The average Bonchev–Trinajstić information content (AvgIpc) is 2.37. The van der Waals surface area contributed by atoms with Gasteiger partial charge in [0.2, 0.25) is 0 Å². The molecule has 0 spiro atoms. The summed E-state index contributed by atoms with van der Waals surface area (Å²) in [5.41, 5.74) is 0.372. The van der Waals surface area contributed by atoms with Gasteiger partial charge in [0, 0.05) is 29.7 Å². The van der Waals surface area contributed by atoms with Gasteiger partial charge >= 0.3 is 0 Å². The summed E-state index contributed by atoms with van der Waals surface area (Å²) >= 11 is 3.20. The molecule has 0 radical (unpaired) electrons. The van der Waals surface area contributed by atoms with Crippen molar-refractivity contribution in [2.45, 2.75) is 19.3 Å². The van der Waals surface area contributed by atoms with Gasteiger partial charge in [0.05, 0.1) is 0 Å². The minimum absolute atomic E-state index is 0.136. The third kappa shape index (κ3) is 3.76. The molecule has 104 valence electrons. The molecule has 1 atom stereocenters. The van der Waals surface area contributed by atoms with E-state index in [-0.39, 0.29) is 12.5 Å². The zero-order chi connectivity index (χ0) is 13.8. The molecule has 3 nitrogen and oxygen atoms in total. The highest BCUT2D eigenvalue weighted by molar-refractivity contribution is 9.10. The van der Waals surface area contributed by atoms with Crippen LogP contribution in [0.1, 0.15) is 29.6 Å². The normalized spacial score (nSPS) is 19.5. The summed E-state index contributed by atoms with van der Waals surface area (Å²) in [6.45, 7) is 1.50. The van der Waals surface area contributed by atoms with Crippen LogP contribution in [0.15, 0.2) is 22.7 Å². The van der Waals surface area contributed by atoms with E-state index in [1.54, 1.807) is 11.0 Å². The first-order valence-electron chi connectivity index (χ1n) is 6.46. The highest BCUT2D eigenvalue weighted by atomic mass is 79.9. The van der Waals surface area contributed by atoms with E-state index in [0.29, 0.717) is 29.0 Å². The van der Waals surface area contributed by atoms with E-state index < -0.39 is 5.82 Å². The minimum Gasteiger partial charge on any atom is -0.396 e. The number of hydrogen-bond acceptors (Lipinski definition) is 2. The van der Waals surface area contributed by atoms with Crippen LogP contribution in [0.3, 0.4) is 0 Å². The van der Waals surface area contributed by atoms with Crippen molar-refractivity contribution in [1.82, 2.24) is 4.90 Å². The predicted molar refractivity (Wildman–Crippen MR) is 74.4 cm³/mol. The number of nitrogens with zero attached hydrogens (tertiary/aromatic N) is 1. The highest BCUT2D eigenvalue weighted by Crippen LogP contribution is 2.22. The van der Waals surface area contributed by atoms with Gasteiger partial charge in [-0.25, -0.2) is 4.39 Å². The van der Waals surface area contributed by atoms with E-state index in [0.717, 1.165) is 19.3 Å². The molecule has 1 aliphatic rings. The maximum atomic E-state index is 13.3. The molecule has 1 saturated heterocycles. The maximum absolute atomic E-state index is 13.3. The topological polar surface area (TPSA) is 40.5 Å². The van der Waals surface area contributed by atoms with E-state index >= 15 is 0 Å². The van der Waals surface area contributed by atoms with Crippen molar-refractivity contribution in [3.63, 3.8) is 0 Å². The van der Waals surface area contributed by atoms with Gasteiger partial charge in [0.1, 0.15) is 5.82 Å². The number of benzene rings is 1. The Kier molecular flexibility index (Phi) is 4.93. The molecule has 1 unspecified atom stereocenters. The lowest BCUT2D eigenvalue weighted by Gasteiger charge is -2.32. The van der Waals surface area contributed by atoms with Gasteiger partial charge in [-0.05, 0) is 43.4 Å². The van der Waals surface area contributed by atoms with Crippen LogP contribution in [0.4, 0.5) is 4.39 Å². The number of aliphatic hydroxyl groups is 1. The van der Waals surface area contributed by atoms with E-state index in [2.05, 4.69) is 15.9 Å². The average molecular weight is 330 g/mol. The number of halogens is 2. The zero-order valence-corrected chi connectivity index (χ0v) is 12.2. The molecule has 1 N–H and O–H groups in total. The number of likely N-dealkylation sites (tertiary alicyclic amines) is 1. The second-order valence-corrected chi connectivity index (χ2v) is 5.85. The van der Waals surface area contributed by atoms with E-state index in [1.807, 2.05) is 0 Å². The van der Waals surface area contributed by atoms with Crippen LogP contribution >= 0.6 is 15.9 Å². The molecular weight excluding hydrogens is 313 g/mol. The smallest absolute Gasteiger partial charge is 0.254 e. The van der Waals surface area contributed by atoms with Crippen molar-refractivity contribution in [3.05, 3.63) is 34.1 Å². The summed E-state index contributed by atoms with van der Waals surface area (Å²) in [5.74, 6) is -0.204. The molecule has 1 fully saturated rings. The van der Waals surface area contributed by atoms with Crippen molar-refractivity contribution in [2.24, 2.45) is 5.92 Å². The second-order valence-electron chi connectivity index (χ2n) is 4.93. The van der Waals surface area contributed by atoms with Crippen LogP contribution in [-0.4, -0.2) is 35.6 Å². The lowest BCUT2D eigenvalue weighted by molar-refractivity contribution is 0.0653. The molecule has 1 aromatic carbocycles. The SMILES string of the molecule is O=C(c1cc(F)cc(Br)c1)N1CCCC(CCO)C1. The van der Waals surface area contributed by atoms with Crippen LogP contribution in [-0.2, 0) is 0 Å². The van der Waals surface area contributed by atoms with Gasteiger partial charge in [-0.2, -0.15) is 0 Å². The lowest BCUT2D eigenvalue weighted by atomic mass is 9.94. The van der Waals surface area contributed by atoms with Crippen LogP contribution < -0.4 is 0 Å². The third-order valence-electron chi connectivity index (χ3n) is 3.45. The first-order valence-corrected chi connectivity index (χ1v) is 7.25. The fourth-order valence-electron chi connectivity index (χ4n) is 2.53. The van der Waals surface area contributed by atoms with Gasteiger partial charge in [0.25, 0.3) is 5.91 Å². The third-order valence-corrected chi connectivity index (χ3v) is 3.91. The van der Waals surface area contributed by atoms with Gasteiger partial charge < -0.3 is 10.0 Å². The molecule has 19 heavy (non-hydrogen) atoms. The monoisotopic (exact) mass is 329 g/mol. The number of carbonyl (C=O) groups is 1. The van der Waals surface area contributed by atoms with Crippen molar-refractivity contribution in [2.75, 3.05) is 19.7 Å². The zero-order valence-electron chi connectivity index (χ0n) is 10.6. The fourth-order valence-corrected chi connectivity index (χ4v) is 2.99.